The zero-order valence-electron chi connectivity index (χ0n) is 16.7. The highest BCUT2D eigenvalue weighted by atomic mass is 14.9. The van der Waals surface area contributed by atoms with Gasteiger partial charge in [0, 0.05) is 27.0 Å². The number of aromatic nitrogens is 2. The highest BCUT2D eigenvalue weighted by Gasteiger charge is 2.16. The molecule has 0 spiro atoms. The summed E-state index contributed by atoms with van der Waals surface area (Å²) in [4.78, 5) is 9.09. The average Bonchev–Trinajstić information content (AvgIpc) is 2.60. The van der Waals surface area contributed by atoms with E-state index in [4.69, 9.17) is 4.11 Å². The van der Waals surface area contributed by atoms with Crippen molar-refractivity contribution in [1.29, 1.82) is 0 Å². The summed E-state index contributed by atoms with van der Waals surface area (Å²) in [6.07, 6.45) is 1.75. The van der Waals surface area contributed by atoms with E-state index in [1.165, 1.54) is 0 Å². The molecule has 23 heavy (non-hydrogen) atoms. The van der Waals surface area contributed by atoms with E-state index in [0.29, 0.717) is 17.0 Å². The van der Waals surface area contributed by atoms with Crippen LogP contribution >= 0.6 is 0 Å². The number of hydrogen-bond acceptors (Lipinski definition) is 2. The van der Waals surface area contributed by atoms with Crippen LogP contribution in [0.3, 0.4) is 0 Å². The van der Waals surface area contributed by atoms with Crippen molar-refractivity contribution in [3.05, 3.63) is 72.1 Å². The van der Waals surface area contributed by atoms with Crippen molar-refractivity contribution >= 4 is 0 Å². The molecule has 0 bridgehead atoms. The van der Waals surface area contributed by atoms with Crippen LogP contribution in [0.15, 0.2) is 60.8 Å². The third kappa shape index (κ3) is 3.31. The predicted octanol–water partition coefficient (Wildman–Crippen LogP) is 5.42. The van der Waals surface area contributed by atoms with E-state index in [1.54, 1.807) is 18.3 Å². The van der Waals surface area contributed by atoms with Crippen LogP contribution in [0.2, 0.25) is 0 Å². The van der Waals surface area contributed by atoms with E-state index in [0.717, 1.165) is 16.8 Å². The quantitative estimate of drug-likeness (QED) is 0.632. The van der Waals surface area contributed by atoms with Crippen LogP contribution in [0.25, 0.3) is 22.5 Å². The molecule has 0 aliphatic rings. The van der Waals surface area contributed by atoms with Crippen molar-refractivity contribution in [2.75, 3.05) is 0 Å². The fourth-order valence-electron chi connectivity index (χ4n) is 2.46. The van der Waals surface area contributed by atoms with E-state index >= 15 is 0 Å². The number of aryl methyl sites for hydroxylation is 1. The molecular formula is C21H22N2. The fourth-order valence-corrected chi connectivity index (χ4v) is 2.46. The van der Waals surface area contributed by atoms with E-state index in [9.17, 15) is 0 Å². The SMILES string of the molecule is [2H]C([2H])([2H])c1ccc(-c2nccc(C(C)(C)C)n2)cc1-c1ccccc1. The van der Waals surface area contributed by atoms with Crippen LogP contribution in [0.1, 0.15) is 36.1 Å². The second kappa shape index (κ2) is 5.96. The first-order chi connectivity index (χ1) is 12.2. The molecule has 3 rings (SSSR count). The second-order valence-electron chi connectivity index (χ2n) is 6.64. The Kier molecular flexibility index (Phi) is 3.11. The predicted molar refractivity (Wildman–Crippen MR) is 96.3 cm³/mol. The lowest BCUT2D eigenvalue weighted by molar-refractivity contribution is 0.568. The van der Waals surface area contributed by atoms with Crippen molar-refractivity contribution in [2.24, 2.45) is 0 Å². The zero-order chi connectivity index (χ0) is 18.9. The number of rotatable bonds is 2. The van der Waals surface area contributed by atoms with Gasteiger partial charge in [-0.05, 0) is 35.7 Å². The van der Waals surface area contributed by atoms with Crippen molar-refractivity contribution in [2.45, 2.75) is 33.0 Å². The Morgan fingerprint density at radius 2 is 1.70 bits per heavy atom. The molecule has 0 aliphatic carbocycles. The lowest BCUT2D eigenvalue weighted by Gasteiger charge is -2.18. The van der Waals surface area contributed by atoms with Gasteiger partial charge >= 0.3 is 0 Å². The molecule has 0 radical (unpaired) electrons. The van der Waals surface area contributed by atoms with E-state index in [1.807, 2.05) is 42.5 Å². The smallest absolute Gasteiger partial charge is 0.159 e. The maximum atomic E-state index is 7.86. The number of nitrogens with zero attached hydrogens (tertiary/aromatic N) is 2. The maximum Gasteiger partial charge on any atom is 0.159 e. The van der Waals surface area contributed by atoms with E-state index in [-0.39, 0.29) is 5.41 Å². The molecular weight excluding hydrogens is 280 g/mol. The minimum atomic E-state index is -2.18. The molecule has 2 nitrogen and oxygen atoms in total. The van der Waals surface area contributed by atoms with Crippen LogP contribution in [0, 0.1) is 6.85 Å². The minimum absolute atomic E-state index is 0.0847. The molecule has 3 aromatic rings. The Labute approximate surface area is 142 Å². The highest BCUT2D eigenvalue weighted by molar-refractivity contribution is 5.73. The lowest BCUT2D eigenvalue weighted by atomic mass is 9.92. The maximum absolute atomic E-state index is 7.86. The highest BCUT2D eigenvalue weighted by Crippen LogP contribution is 2.29. The van der Waals surface area contributed by atoms with Crippen LogP contribution in [0.5, 0.6) is 0 Å². The van der Waals surface area contributed by atoms with Gasteiger partial charge in [-0.3, -0.25) is 0 Å². The molecule has 2 heteroatoms. The van der Waals surface area contributed by atoms with Gasteiger partial charge in [0.2, 0.25) is 0 Å². The Bertz CT molecular complexity index is 911. The van der Waals surface area contributed by atoms with Gasteiger partial charge in [-0.2, -0.15) is 0 Å². The molecule has 1 aromatic heterocycles. The monoisotopic (exact) mass is 305 g/mol. The van der Waals surface area contributed by atoms with Crippen LogP contribution < -0.4 is 0 Å². The van der Waals surface area contributed by atoms with Crippen molar-refractivity contribution in [3.8, 4) is 22.5 Å². The van der Waals surface area contributed by atoms with Gasteiger partial charge < -0.3 is 0 Å². The number of hydrogen-bond donors (Lipinski definition) is 0. The van der Waals surface area contributed by atoms with Crippen LogP contribution in [0.4, 0.5) is 0 Å². The topological polar surface area (TPSA) is 25.8 Å². The lowest BCUT2D eigenvalue weighted by Crippen LogP contribution is -2.14. The van der Waals surface area contributed by atoms with Crippen molar-refractivity contribution in [3.63, 3.8) is 0 Å². The summed E-state index contributed by atoms with van der Waals surface area (Å²) in [5, 5.41) is 0. The molecule has 2 aromatic carbocycles. The molecule has 0 fully saturated rings. The normalized spacial score (nSPS) is 14.0. The molecule has 0 unspecified atom stereocenters. The first-order valence-electron chi connectivity index (χ1n) is 9.20. The Morgan fingerprint density at radius 1 is 0.913 bits per heavy atom. The summed E-state index contributed by atoms with van der Waals surface area (Å²) in [7, 11) is 0. The number of benzene rings is 2. The molecule has 0 aliphatic heterocycles. The molecule has 116 valence electrons. The molecule has 0 saturated carbocycles. The van der Waals surface area contributed by atoms with Gasteiger partial charge in [0.1, 0.15) is 0 Å². The third-order valence-corrected chi connectivity index (χ3v) is 3.79. The Hall–Kier alpha value is -2.48. The zero-order valence-corrected chi connectivity index (χ0v) is 13.7. The van der Waals surface area contributed by atoms with Gasteiger partial charge in [-0.15, -0.1) is 0 Å². The third-order valence-electron chi connectivity index (χ3n) is 3.79. The minimum Gasteiger partial charge on any atom is -0.237 e. The fraction of sp³-hybridized carbons (Fsp3) is 0.238. The Morgan fingerprint density at radius 3 is 2.39 bits per heavy atom. The van der Waals surface area contributed by atoms with Gasteiger partial charge in [-0.25, -0.2) is 9.97 Å². The first-order valence-corrected chi connectivity index (χ1v) is 7.70. The summed E-state index contributed by atoms with van der Waals surface area (Å²) < 4.78 is 23.6. The second-order valence-corrected chi connectivity index (χ2v) is 6.64. The first kappa shape index (κ1) is 12.0. The van der Waals surface area contributed by atoms with Gasteiger partial charge in [0.05, 0.1) is 0 Å². The van der Waals surface area contributed by atoms with Crippen LogP contribution in [-0.4, -0.2) is 9.97 Å². The van der Waals surface area contributed by atoms with E-state index in [2.05, 4.69) is 30.7 Å². The molecule has 0 N–H and O–H groups in total. The summed E-state index contributed by atoms with van der Waals surface area (Å²) in [5.41, 5.74) is 3.56. The van der Waals surface area contributed by atoms with Gasteiger partial charge in [-0.1, -0.05) is 63.2 Å². The summed E-state index contributed by atoms with van der Waals surface area (Å²) in [6, 6.07) is 16.8. The summed E-state index contributed by atoms with van der Waals surface area (Å²) in [5.74, 6) is 0.603. The molecule has 0 amide bonds. The molecule has 1 heterocycles. The average molecular weight is 305 g/mol. The van der Waals surface area contributed by atoms with Crippen molar-refractivity contribution < 1.29 is 4.11 Å². The summed E-state index contributed by atoms with van der Waals surface area (Å²) >= 11 is 0. The molecule has 0 atom stereocenters. The van der Waals surface area contributed by atoms with Gasteiger partial charge in [0.15, 0.2) is 5.82 Å². The van der Waals surface area contributed by atoms with Crippen molar-refractivity contribution in [1.82, 2.24) is 9.97 Å². The summed E-state index contributed by atoms with van der Waals surface area (Å²) in [6.45, 7) is 4.13. The van der Waals surface area contributed by atoms with Gasteiger partial charge in [0.25, 0.3) is 0 Å². The standard InChI is InChI=1S/C21H22N2/c1-15-10-11-17(14-18(15)16-8-6-5-7-9-16)20-22-13-12-19(23-20)21(2,3)4/h5-14H,1-4H3/i1D3. The largest absolute Gasteiger partial charge is 0.237 e. The van der Waals surface area contributed by atoms with E-state index < -0.39 is 6.85 Å². The molecule has 0 saturated heterocycles. The Balaban J connectivity index is 2.17. The van der Waals surface area contributed by atoms with Crippen LogP contribution in [-0.2, 0) is 5.41 Å².